The maximum Gasteiger partial charge on any atom is 0.282 e. The summed E-state index contributed by atoms with van der Waals surface area (Å²) in [5.41, 5.74) is 3.33. The van der Waals surface area contributed by atoms with Crippen LogP contribution in [0.5, 0.6) is 0 Å². The lowest BCUT2D eigenvalue weighted by Gasteiger charge is -2.18. The number of amidine groups is 2. The number of nitrogens with zero attached hydrogens (tertiary/aromatic N) is 4. The minimum Gasteiger partial charge on any atom is -0.285 e. The Labute approximate surface area is 144 Å². The molecule has 2 aliphatic rings. The maximum absolute atomic E-state index is 12.2. The predicted octanol–water partition coefficient (Wildman–Crippen LogP) is 2.71. The van der Waals surface area contributed by atoms with E-state index in [0.717, 1.165) is 16.7 Å². The van der Waals surface area contributed by atoms with Crippen molar-refractivity contribution in [2.75, 3.05) is 7.05 Å². The SMILES string of the molecule is CN1C(=O)C2=NC(c3ccc(-c4ccccc4)cc3)=NC2=NC1=S. The molecule has 0 spiro atoms. The second-order valence-electron chi connectivity index (χ2n) is 5.42. The zero-order chi connectivity index (χ0) is 16.7. The van der Waals surface area contributed by atoms with Crippen molar-refractivity contribution in [2.24, 2.45) is 15.0 Å². The normalized spacial score (nSPS) is 16.5. The topological polar surface area (TPSA) is 57.4 Å². The first-order valence-corrected chi connectivity index (χ1v) is 7.78. The lowest BCUT2D eigenvalue weighted by molar-refractivity contribution is -0.119. The molecule has 4 rings (SSSR count). The highest BCUT2D eigenvalue weighted by atomic mass is 32.1. The van der Waals surface area contributed by atoms with Gasteiger partial charge in [-0.25, -0.2) is 9.98 Å². The molecule has 2 aromatic rings. The number of amides is 1. The number of fused-ring (bicyclic) bond motifs is 1. The molecule has 24 heavy (non-hydrogen) atoms. The second-order valence-corrected chi connectivity index (χ2v) is 5.79. The maximum atomic E-state index is 12.2. The van der Waals surface area contributed by atoms with E-state index in [9.17, 15) is 4.79 Å². The van der Waals surface area contributed by atoms with Crippen molar-refractivity contribution in [3.05, 3.63) is 60.2 Å². The molecule has 0 aromatic heterocycles. The van der Waals surface area contributed by atoms with Crippen LogP contribution in [-0.2, 0) is 4.79 Å². The van der Waals surface area contributed by atoms with Crippen molar-refractivity contribution in [3.8, 4) is 11.1 Å². The van der Waals surface area contributed by atoms with Gasteiger partial charge in [0.1, 0.15) is 0 Å². The number of hydrogen-bond donors (Lipinski definition) is 0. The van der Waals surface area contributed by atoms with Gasteiger partial charge >= 0.3 is 0 Å². The number of rotatable bonds is 2. The van der Waals surface area contributed by atoms with Gasteiger partial charge in [0.05, 0.1) is 0 Å². The number of benzene rings is 2. The van der Waals surface area contributed by atoms with Crippen LogP contribution in [0, 0.1) is 0 Å². The Morgan fingerprint density at radius 1 is 0.792 bits per heavy atom. The van der Waals surface area contributed by atoms with Gasteiger partial charge in [0.25, 0.3) is 5.91 Å². The molecule has 2 heterocycles. The monoisotopic (exact) mass is 332 g/mol. The van der Waals surface area contributed by atoms with E-state index in [0.29, 0.717) is 11.7 Å². The summed E-state index contributed by atoms with van der Waals surface area (Å²) in [6, 6.07) is 18.0. The summed E-state index contributed by atoms with van der Waals surface area (Å²) in [7, 11) is 1.58. The van der Waals surface area contributed by atoms with Gasteiger partial charge in [-0.05, 0) is 23.3 Å². The highest BCUT2D eigenvalue weighted by Crippen LogP contribution is 2.21. The summed E-state index contributed by atoms with van der Waals surface area (Å²) in [5, 5.41) is 0.207. The smallest absolute Gasteiger partial charge is 0.282 e. The average Bonchev–Trinajstić information content (AvgIpc) is 3.05. The number of hydrogen-bond acceptors (Lipinski definition) is 4. The summed E-state index contributed by atoms with van der Waals surface area (Å²) in [5.74, 6) is 0.504. The third kappa shape index (κ3) is 2.37. The van der Waals surface area contributed by atoms with Crippen LogP contribution in [0.3, 0.4) is 0 Å². The Morgan fingerprint density at radius 2 is 1.42 bits per heavy atom. The van der Waals surface area contributed by atoms with Gasteiger partial charge in [-0.3, -0.25) is 9.69 Å². The van der Waals surface area contributed by atoms with E-state index in [1.54, 1.807) is 7.05 Å². The summed E-state index contributed by atoms with van der Waals surface area (Å²) in [4.78, 5) is 26.3. The predicted molar refractivity (Wildman–Crippen MR) is 98.7 cm³/mol. The van der Waals surface area contributed by atoms with Crippen molar-refractivity contribution >= 4 is 40.6 Å². The van der Waals surface area contributed by atoms with E-state index < -0.39 is 0 Å². The molecule has 2 aromatic carbocycles. The highest BCUT2D eigenvalue weighted by Gasteiger charge is 2.33. The van der Waals surface area contributed by atoms with Gasteiger partial charge in [0.2, 0.25) is 5.11 Å². The average molecular weight is 332 g/mol. The third-order valence-corrected chi connectivity index (χ3v) is 4.25. The minimum absolute atomic E-state index is 0.207. The molecule has 1 amide bonds. The zero-order valence-corrected chi connectivity index (χ0v) is 13.6. The first-order valence-electron chi connectivity index (χ1n) is 7.38. The lowest BCUT2D eigenvalue weighted by atomic mass is 10.0. The second kappa shape index (κ2) is 5.58. The molecule has 0 saturated heterocycles. The molecule has 2 aliphatic heterocycles. The molecule has 0 N–H and O–H groups in total. The molecule has 0 fully saturated rings. The Hall–Kier alpha value is -2.99. The van der Waals surface area contributed by atoms with Crippen LogP contribution in [0.15, 0.2) is 69.6 Å². The number of aliphatic imine (C=N–C) groups is 3. The molecule has 116 valence electrons. The fourth-order valence-electron chi connectivity index (χ4n) is 2.54. The van der Waals surface area contributed by atoms with Crippen molar-refractivity contribution < 1.29 is 4.79 Å². The summed E-state index contributed by atoms with van der Waals surface area (Å²) in [6.07, 6.45) is 0. The largest absolute Gasteiger partial charge is 0.285 e. The first-order chi connectivity index (χ1) is 11.6. The number of thiocarbonyl (C=S) groups is 1. The third-order valence-electron chi connectivity index (χ3n) is 3.89. The number of carbonyl (C=O) groups is 1. The van der Waals surface area contributed by atoms with Crippen LogP contribution in [0.2, 0.25) is 0 Å². The first kappa shape index (κ1) is 14.6. The summed E-state index contributed by atoms with van der Waals surface area (Å²) < 4.78 is 0. The Balaban J connectivity index is 1.68. The zero-order valence-electron chi connectivity index (χ0n) is 12.8. The van der Waals surface area contributed by atoms with E-state index >= 15 is 0 Å². The van der Waals surface area contributed by atoms with Crippen LogP contribution in [0.1, 0.15) is 5.56 Å². The van der Waals surface area contributed by atoms with Crippen molar-refractivity contribution in [1.82, 2.24) is 4.90 Å². The van der Waals surface area contributed by atoms with Crippen LogP contribution in [0.25, 0.3) is 11.1 Å². The van der Waals surface area contributed by atoms with E-state index in [1.165, 1.54) is 4.90 Å². The molecule has 0 saturated carbocycles. The van der Waals surface area contributed by atoms with Gasteiger partial charge in [-0.15, -0.1) is 0 Å². The van der Waals surface area contributed by atoms with Crippen molar-refractivity contribution in [3.63, 3.8) is 0 Å². The molecular formula is C18H12N4OS. The van der Waals surface area contributed by atoms with Gasteiger partial charge in [0.15, 0.2) is 17.4 Å². The van der Waals surface area contributed by atoms with E-state index in [4.69, 9.17) is 12.2 Å². The van der Waals surface area contributed by atoms with Gasteiger partial charge in [0, 0.05) is 12.6 Å². The molecule has 0 unspecified atom stereocenters. The Bertz CT molecular complexity index is 943. The molecule has 5 nitrogen and oxygen atoms in total. The van der Waals surface area contributed by atoms with Crippen LogP contribution >= 0.6 is 12.2 Å². The molecule has 6 heteroatoms. The molecule has 0 radical (unpaired) electrons. The van der Waals surface area contributed by atoms with E-state index in [1.807, 2.05) is 42.5 Å². The molecule has 0 atom stereocenters. The number of carbonyl (C=O) groups excluding carboxylic acids is 1. The highest BCUT2D eigenvalue weighted by molar-refractivity contribution is 7.80. The summed E-state index contributed by atoms with van der Waals surface area (Å²) in [6.45, 7) is 0. The van der Waals surface area contributed by atoms with Crippen molar-refractivity contribution in [1.29, 1.82) is 0 Å². The molecule has 0 aliphatic carbocycles. The molecular weight excluding hydrogens is 320 g/mol. The van der Waals surface area contributed by atoms with Crippen LogP contribution < -0.4 is 0 Å². The molecule has 0 bridgehead atoms. The van der Waals surface area contributed by atoms with Gasteiger partial charge < -0.3 is 0 Å². The van der Waals surface area contributed by atoms with E-state index in [2.05, 4.69) is 27.1 Å². The fourth-order valence-corrected chi connectivity index (χ4v) is 2.71. The Kier molecular flexibility index (Phi) is 3.39. The fraction of sp³-hybridized carbons (Fsp3) is 0.0556. The van der Waals surface area contributed by atoms with Crippen molar-refractivity contribution in [2.45, 2.75) is 0 Å². The Morgan fingerprint density at radius 3 is 2.12 bits per heavy atom. The minimum atomic E-state index is -0.273. The quantitative estimate of drug-likeness (QED) is 0.794. The van der Waals surface area contributed by atoms with Crippen LogP contribution in [-0.4, -0.2) is 40.4 Å². The van der Waals surface area contributed by atoms with Gasteiger partial charge in [-0.1, -0.05) is 54.6 Å². The lowest BCUT2D eigenvalue weighted by Crippen LogP contribution is -2.43. The van der Waals surface area contributed by atoms with Gasteiger partial charge in [-0.2, -0.15) is 4.99 Å². The van der Waals surface area contributed by atoms with E-state index in [-0.39, 0.29) is 16.7 Å². The standard InChI is InChI=1S/C18H12N4OS/c1-22-17(23)14-16(21-18(22)24)20-15(19-14)13-9-7-12(8-10-13)11-5-3-2-4-6-11/h2-10H,1H3. The summed E-state index contributed by atoms with van der Waals surface area (Å²) >= 11 is 5.05. The van der Waals surface area contributed by atoms with Crippen LogP contribution in [0.4, 0.5) is 0 Å².